The number of rotatable bonds is 0. The minimum atomic E-state index is -1.27. The fourth-order valence-electron chi connectivity index (χ4n) is 7.91. The van der Waals surface area contributed by atoms with Gasteiger partial charge in [-0.3, -0.25) is 9.59 Å². The van der Waals surface area contributed by atoms with Crippen LogP contribution in [0.1, 0.15) is 73.6 Å². The summed E-state index contributed by atoms with van der Waals surface area (Å²) in [7, 11) is 0. The molecule has 170 valence electrons. The molecule has 2 N–H and O–H groups in total. The number of carbonyl (C=O) groups excluding carboxylic acids is 2. The lowest BCUT2D eigenvalue weighted by Crippen LogP contribution is -2.58. The minimum Gasteiger partial charge on any atom is -0.504 e. The molecule has 0 spiro atoms. The summed E-state index contributed by atoms with van der Waals surface area (Å²) in [6, 6.07) is 0. The molecule has 5 aliphatic rings. The second-order valence-electron chi connectivity index (χ2n) is 11.9. The van der Waals surface area contributed by atoms with Gasteiger partial charge in [-0.15, -0.1) is 0 Å². The summed E-state index contributed by atoms with van der Waals surface area (Å²) < 4.78 is 0. The Morgan fingerprint density at radius 3 is 2.34 bits per heavy atom. The molecule has 0 aromatic rings. The lowest BCUT2D eigenvalue weighted by atomic mass is 9.42. The van der Waals surface area contributed by atoms with E-state index in [9.17, 15) is 19.8 Å². The Morgan fingerprint density at radius 1 is 0.969 bits per heavy atom. The average Bonchev–Trinajstić information content (AvgIpc) is 2.69. The summed E-state index contributed by atoms with van der Waals surface area (Å²) in [6.45, 7) is 12.5. The molecule has 2 fully saturated rings. The van der Waals surface area contributed by atoms with Crippen molar-refractivity contribution in [2.24, 2.45) is 22.2 Å². The zero-order valence-corrected chi connectivity index (χ0v) is 20.1. The van der Waals surface area contributed by atoms with Crippen LogP contribution in [0.25, 0.3) is 0 Å². The van der Waals surface area contributed by atoms with Crippen LogP contribution >= 0.6 is 0 Å². The Morgan fingerprint density at radius 2 is 1.66 bits per heavy atom. The maximum Gasteiger partial charge on any atom is 0.220 e. The van der Waals surface area contributed by atoms with Gasteiger partial charge in [-0.1, -0.05) is 38.5 Å². The molecule has 4 heteroatoms. The molecule has 5 rings (SSSR count). The summed E-state index contributed by atoms with van der Waals surface area (Å²) in [5.41, 5.74) is 4.74. The molecule has 5 atom stereocenters. The van der Waals surface area contributed by atoms with Crippen LogP contribution in [-0.4, -0.2) is 27.4 Å². The van der Waals surface area contributed by atoms with Gasteiger partial charge in [0, 0.05) is 17.4 Å². The largest absolute Gasteiger partial charge is 0.504 e. The van der Waals surface area contributed by atoms with E-state index in [0.29, 0.717) is 18.4 Å². The molecule has 0 aromatic heterocycles. The second-order valence-corrected chi connectivity index (χ2v) is 11.9. The number of carbonyl (C=O) groups is 2. The molecule has 0 aromatic carbocycles. The number of aliphatic hydroxyl groups is 2. The van der Waals surface area contributed by atoms with Crippen LogP contribution in [0.4, 0.5) is 0 Å². The molecule has 0 amide bonds. The Labute approximate surface area is 190 Å². The second kappa shape index (κ2) is 6.22. The molecule has 0 heterocycles. The summed E-state index contributed by atoms with van der Waals surface area (Å²) in [5.74, 6) is -0.285. The van der Waals surface area contributed by atoms with Crippen molar-refractivity contribution >= 4 is 11.6 Å². The Kier molecular flexibility index (Phi) is 4.21. The molecular formula is C28H34O4. The van der Waals surface area contributed by atoms with Crippen LogP contribution in [0.15, 0.2) is 57.4 Å². The predicted octanol–water partition coefficient (Wildman–Crippen LogP) is 5.46. The van der Waals surface area contributed by atoms with Crippen molar-refractivity contribution in [3.8, 4) is 0 Å². The average molecular weight is 435 g/mol. The van der Waals surface area contributed by atoms with Crippen molar-refractivity contribution in [2.45, 2.75) is 79.2 Å². The number of Topliss-reactive ketones (excluding diaryl/α,β-unsaturated/α-hetero) is 1. The lowest BCUT2D eigenvalue weighted by molar-refractivity contribution is -0.156. The fraction of sp³-hybridized carbons (Fsp3) is 0.571. The van der Waals surface area contributed by atoms with E-state index in [1.807, 2.05) is 6.92 Å². The van der Waals surface area contributed by atoms with Gasteiger partial charge in [-0.2, -0.15) is 0 Å². The third kappa shape index (κ3) is 2.53. The van der Waals surface area contributed by atoms with Gasteiger partial charge in [0.15, 0.2) is 11.5 Å². The van der Waals surface area contributed by atoms with Crippen molar-refractivity contribution in [1.29, 1.82) is 0 Å². The smallest absolute Gasteiger partial charge is 0.220 e. The van der Waals surface area contributed by atoms with E-state index in [-0.39, 0.29) is 39.5 Å². The Balaban J connectivity index is 1.70. The van der Waals surface area contributed by atoms with Crippen molar-refractivity contribution in [2.75, 3.05) is 0 Å². The molecule has 0 bridgehead atoms. The van der Waals surface area contributed by atoms with E-state index < -0.39 is 5.60 Å². The van der Waals surface area contributed by atoms with E-state index in [1.54, 1.807) is 13.0 Å². The first kappa shape index (κ1) is 21.6. The standard InChI is InChI=1S/C28H34O4/c1-15-12-25(3)14-22(30)28(6,32)13-21(25)27(5)10-9-26(4)18(23(15)27)8-7-17-16(2)24(31)20(29)11-19(17)26/h7-8,11,21,31-32H,9-10,12-14H2,1-6H3/t21-,25+,26-,27+,28+/m1/s1. The van der Waals surface area contributed by atoms with Crippen LogP contribution in [0, 0.1) is 22.2 Å². The maximum absolute atomic E-state index is 12.7. The topological polar surface area (TPSA) is 74.6 Å². The van der Waals surface area contributed by atoms with Gasteiger partial charge in [0.05, 0.1) is 0 Å². The van der Waals surface area contributed by atoms with E-state index >= 15 is 0 Å². The van der Waals surface area contributed by atoms with Gasteiger partial charge in [0.25, 0.3) is 0 Å². The van der Waals surface area contributed by atoms with Gasteiger partial charge < -0.3 is 10.2 Å². The first-order chi connectivity index (χ1) is 14.7. The van der Waals surface area contributed by atoms with Crippen LogP contribution < -0.4 is 0 Å². The van der Waals surface area contributed by atoms with Crippen LogP contribution in [0.3, 0.4) is 0 Å². The van der Waals surface area contributed by atoms with Crippen molar-refractivity contribution in [3.63, 3.8) is 0 Å². The number of ketones is 2. The van der Waals surface area contributed by atoms with Crippen LogP contribution in [0.5, 0.6) is 0 Å². The molecule has 4 nitrogen and oxygen atoms in total. The molecule has 2 saturated carbocycles. The summed E-state index contributed by atoms with van der Waals surface area (Å²) in [6.07, 6.45) is 9.49. The maximum atomic E-state index is 12.7. The first-order valence-corrected chi connectivity index (χ1v) is 11.8. The highest BCUT2D eigenvalue weighted by molar-refractivity contribution is 6.06. The molecule has 5 aliphatic carbocycles. The summed E-state index contributed by atoms with van der Waals surface area (Å²) in [5, 5.41) is 21.1. The monoisotopic (exact) mass is 434 g/mol. The van der Waals surface area contributed by atoms with Gasteiger partial charge in [0.1, 0.15) is 5.60 Å². The molecule has 32 heavy (non-hydrogen) atoms. The van der Waals surface area contributed by atoms with Crippen molar-refractivity contribution in [1.82, 2.24) is 0 Å². The quantitative estimate of drug-likeness (QED) is 0.531. The zero-order chi connectivity index (χ0) is 23.4. The lowest BCUT2D eigenvalue weighted by Gasteiger charge is -2.62. The van der Waals surface area contributed by atoms with Gasteiger partial charge in [-0.25, -0.2) is 0 Å². The number of allylic oxidation sites excluding steroid dienone is 9. The zero-order valence-electron chi connectivity index (χ0n) is 20.1. The molecule has 0 saturated heterocycles. The highest BCUT2D eigenvalue weighted by atomic mass is 16.3. The third-order valence-electron chi connectivity index (χ3n) is 9.62. The van der Waals surface area contributed by atoms with Crippen molar-refractivity contribution in [3.05, 3.63) is 57.4 Å². The number of hydrogen-bond donors (Lipinski definition) is 2. The van der Waals surface area contributed by atoms with E-state index in [4.69, 9.17) is 0 Å². The predicted molar refractivity (Wildman–Crippen MR) is 124 cm³/mol. The number of aliphatic hydroxyl groups excluding tert-OH is 1. The van der Waals surface area contributed by atoms with Crippen molar-refractivity contribution < 1.29 is 19.8 Å². The highest BCUT2D eigenvalue weighted by Gasteiger charge is 2.62. The first-order valence-electron chi connectivity index (χ1n) is 11.8. The van der Waals surface area contributed by atoms with Crippen LogP contribution in [0.2, 0.25) is 0 Å². The SMILES string of the molecule is CC1=C2C3=CC=C4C(=CC(=O)C(O)=C4C)[C@]3(C)CC[C@@]2(C)[C@@H]2C[C@](C)(O)C(=O)C[C@]2(C)C1. The summed E-state index contributed by atoms with van der Waals surface area (Å²) >= 11 is 0. The number of fused-ring (bicyclic) bond motifs is 7. The van der Waals surface area contributed by atoms with Crippen LogP contribution in [-0.2, 0) is 9.59 Å². The normalized spacial score (nSPS) is 43.6. The van der Waals surface area contributed by atoms with Gasteiger partial charge in [0.2, 0.25) is 5.78 Å². The molecular weight excluding hydrogens is 400 g/mol. The van der Waals surface area contributed by atoms with E-state index in [0.717, 1.165) is 30.4 Å². The Bertz CT molecular complexity index is 1140. The fourth-order valence-corrected chi connectivity index (χ4v) is 7.91. The van der Waals surface area contributed by atoms with E-state index in [1.165, 1.54) is 16.7 Å². The summed E-state index contributed by atoms with van der Waals surface area (Å²) in [4.78, 5) is 25.2. The molecule has 0 radical (unpaired) electrons. The molecule has 0 aliphatic heterocycles. The van der Waals surface area contributed by atoms with Gasteiger partial charge >= 0.3 is 0 Å². The van der Waals surface area contributed by atoms with Gasteiger partial charge in [-0.05, 0) is 91.6 Å². The number of hydrogen-bond acceptors (Lipinski definition) is 4. The Hall–Kier alpha value is -2.20. The highest BCUT2D eigenvalue weighted by Crippen LogP contribution is 2.69. The van der Waals surface area contributed by atoms with E-state index in [2.05, 4.69) is 39.8 Å². The minimum absolute atomic E-state index is 0.0332. The third-order valence-corrected chi connectivity index (χ3v) is 9.62. The molecule has 0 unspecified atom stereocenters.